The van der Waals surface area contributed by atoms with Crippen LogP contribution in [0.15, 0.2) is 21.4 Å². The number of carbonyl (C=O) groups is 1. The van der Waals surface area contributed by atoms with E-state index >= 15 is 0 Å². The molecule has 2 aromatic heterocycles. The van der Waals surface area contributed by atoms with Gasteiger partial charge in [0.2, 0.25) is 0 Å². The molecule has 0 radical (unpaired) electrons. The Balaban J connectivity index is 1.59. The summed E-state index contributed by atoms with van der Waals surface area (Å²) in [5.41, 5.74) is 1.06. The molecule has 0 unspecified atom stereocenters. The average Bonchev–Trinajstić information content (AvgIpc) is 3.18. The number of hydrogen-bond acceptors (Lipinski definition) is 6. The van der Waals surface area contributed by atoms with E-state index in [1.807, 2.05) is 17.9 Å². The summed E-state index contributed by atoms with van der Waals surface area (Å²) in [4.78, 5) is 17.9. The number of alkyl halides is 1. The molecule has 1 N–H and O–H groups in total. The third-order valence-corrected chi connectivity index (χ3v) is 3.97. The van der Waals surface area contributed by atoms with Gasteiger partial charge in [-0.2, -0.15) is 0 Å². The first-order chi connectivity index (χ1) is 11.0. The van der Waals surface area contributed by atoms with Crippen molar-refractivity contribution in [1.29, 1.82) is 0 Å². The lowest BCUT2D eigenvalue weighted by molar-refractivity contribution is 0.0932. The van der Waals surface area contributed by atoms with E-state index in [2.05, 4.69) is 15.5 Å². The van der Waals surface area contributed by atoms with Gasteiger partial charge in [-0.15, -0.1) is 0 Å². The summed E-state index contributed by atoms with van der Waals surface area (Å²) in [6.07, 6.45) is 0.705. The molecule has 0 aromatic carbocycles. The molecule has 8 heteroatoms. The average molecular weight is 322 g/mol. The smallest absolute Gasteiger partial charge is 0.273 e. The monoisotopic (exact) mass is 322 g/mol. The number of carbonyl (C=O) groups excluding carboxylic acids is 1. The van der Waals surface area contributed by atoms with E-state index in [1.165, 1.54) is 6.39 Å². The molecule has 1 aliphatic rings. The van der Waals surface area contributed by atoms with Crippen molar-refractivity contribution < 1.29 is 18.1 Å². The summed E-state index contributed by atoms with van der Waals surface area (Å²) < 4.78 is 24.0. The maximum atomic E-state index is 13.8. The largest absolute Gasteiger partial charge is 0.448 e. The van der Waals surface area contributed by atoms with E-state index in [9.17, 15) is 9.18 Å². The van der Waals surface area contributed by atoms with Crippen LogP contribution in [0.4, 0.5) is 4.39 Å². The number of oxazole rings is 1. The summed E-state index contributed by atoms with van der Waals surface area (Å²) in [7, 11) is 0. The summed E-state index contributed by atoms with van der Waals surface area (Å²) in [6.45, 7) is 4.66. The second-order valence-electron chi connectivity index (χ2n) is 5.82. The second-order valence-corrected chi connectivity index (χ2v) is 5.82. The van der Waals surface area contributed by atoms with E-state index in [4.69, 9.17) is 8.94 Å². The maximum Gasteiger partial charge on any atom is 0.273 e. The zero-order valence-corrected chi connectivity index (χ0v) is 13.1. The molecule has 7 nitrogen and oxygen atoms in total. The van der Waals surface area contributed by atoms with Crippen molar-refractivity contribution in [2.75, 3.05) is 13.1 Å². The summed E-state index contributed by atoms with van der Waals surface area (Å²) >= 11 is 0. The molecule has 0 spiro atoms. The van der Waals surface area contributed by atoms with Crippen molar-refractivity contribution >= 4 is 5.91 Å². The zero-order valence-electron chi connectivity index (χ0n) is 13.1. The van der Waals surface area contributed by atoms with Gasteiger partial charge in [0.25, 0.3) is 5.91 Å². The fourth-order valence-electron chi connectivity index (χ4n) is 2.84. The van der Waals surface area contributed by atoms with Crippen LogP contribution in [0.25, 0.3) is 0 Å². The predicted octanol–water partition coefficient (Wildman–Crippen LogP) is 1.62. The van der Waals surface area contributed by atoms with Crippen molar-refractivity contribution in [3.05, 3.63) is 35.4 Å². The van der Waals surface area contributed by atoms with Gasteiger partial charge in [0.15, 0.2) is 17.8 Å². The van der Waals surface area contributed by atoms with Gasteiger partial charge in [-0.1, -0.05) is 5.16 Å². The highest BCUT2D eigenvalue weighted by atomic mass is 19.1. The third-order valence-electron chi connectivity index (χ3n) is 3.97. The Morgan fingerprint density at radius 3 is 3.00 bits per heavy atom. The van der Waals surface area contributed by atoms with Gasteiger partial charge < -0.3 is 14.3 Å². The first kappa shape index (κ1) is 15.7. The van der Waals surface area contributed by atoms with Crippen molar-refractivity contribution in [3.63, 3.8) is 0 Å². The van der Waals surface area contributed by atoms with E-state index in [0.29, 0.717) is 37.6 Å². The topological polar surface area (TPSA) is 84.4 Å². The lowest BCUT2D eigenvalue weighted by Crippen LogP contribution is -2.40. The maximum absolute atomic E-state index is 13.8. The first-order valence-electron chi connectivity index (χ1n) is 7.51. The number of nitrogens with zero attached hydrogens (tertiary/aromatic N) is 3. The Hall–Kier alpha value is -2.22. The lowest BCUT2D eigenvalue weighted by Gasteiger charge is -2.22. The van der Waals surface area contributed by atoms with Crippen LogP contribution in [0.1, 0.15) is 34.1 Å². The predicted molar refractivity (Wildman–Crippen MR) is 78.5 cm³/mol. The van der Waals surface area contributed by atoms with E-state index in [0.717, 1.165) is 5.69 Å². The lowest BCUT2D eigenvalue weighted by atomic mass is 10.2. The molecule has 0 bridgehead atoms. The van der Waals surface area contributed by atoms with Gasteiger partial charge in [-0.05, 0) is 20.3 Å². The number of nitrogens with one attached hydrogen (secondary N) is 1. The standard InChI is InChI=1S/C15H19FN4O3/c1-9-3-13(23-19-9)7-20-6-11(16)4-12(20)5-17-15(21)14-10(2)22-8-18-14/h3,8,11-12H,4-7H2,1-2H3,(H,17,21)/t11-,12-/m0/s1. The minimum absolute atomic E-state index is 0.0911. The Morgan fingerprint density at radius 1 is 1.52 bits per heavy atom. The molecule has 2 atom stereocenters. The summed E-state index contributed by atoms with van der Waals surface area (Å²) in [5, 5.41) is 6.63. The van der Waals surface area contributed by atoms with Crippen LogP contribution in [0, 0.1) is 13.8 Å². The van der Waals surface area contributed by atoms with Gasteiger partial charge in [0.05, 0.1) is 12.2 Å². The molecule has 2 aromatic rings. The van der Waals surface area contributed by atoms with Crippen molar-refractivity contribution in [2.45, 2.75) is 39.0 Å². The van der Waals surface area contributed by atoms with Gasteiger partial charge >= 0.3 is 0 Å². The molecule has 0 aliphatic carbocycles. The SMILES string of the molecule is Cc1cc(CN2C[C@@H](F)C[C@H]2CNC(=O)c2ncoc2C)on1. The van der Waals surface area contributed by atoms with Crippen LogP contribution in [0.3, 0.4) is 0 Å². The van der Waals surface area contributed by atoms with Gasteiger partial charge in [0, 0.05) is 25.2 Å². The van der Waals surface area contributed by atoms with Crippen LogP contribution >= 0.6 is 0 Å². The van der Waals surface area contributed by atoms with E-state index < -0.39 is 6.17 Å². The quantitative estimate of drug-likeness (QED) is 0.900. The van der Waals surface area contributed by atoms with Crippen LogP contribution < -0.4 is 5.32 Å². The van der Waals surface area contributed by atoms with Crippen LogP contribution in [0.5, 0.6) is 0 Å². The van der Waals surface area contributed by atoms with Gasteiger partial charge in [-0.25, -0.2) is 9.37 Å². The molecule has 1 saturated heterocycles. The summed E-state index contributed by atoms with van der Waals surface area (Å²) in [6, 6.07) is 1.74. The molecule has 124 valence electrons. The highest BCUT2D eigenvalue weighted by molar-refractivity contribution is 5.93. The normalized spacial score (nSPS) is 21.7. The minimum Gasteiger partial charge on any atom is -0.448 e. The van der Waals surface area contributed by atoms with E-state index in [1.54, 1.807) is 6.92 Å². The zero-order chi connectivity index (χ0) is 16.4. The Bertz CT molecular complexity index is 684. The number of halogens is 1. The number of likely N-dealkylation sites (tertiary alicyclic amines) is 1. The van der Waals surface area contributed by atoms with Gasteiger partial charge in [0.1, 0.15) is 11.9 Å². The molecule has 3 rings (SSSR count). The highest BCUT2D eigenvalue weighted by Crippen LogP contribution is 2.22. The number of amides is 1. The van der Waals surface area contributed by atoms with Crippen LogP contribution in [-0.2, 0) is 6.54 Å². The second kappa shape index (κ2) is 6.49. The minimum atomic E-state index is -0.908. The fourth-order valence-corrected chi connectivity index (χ4v) is 2.84. The van der Waals surface area contributed by atoms with Crippen molar-refractivity contribution in [3.8, 4) is 0 Å². The molecule has 3 heterocycles. The Labute approximate surface area is 132 Å². The molecule has 1 fully saturated rings. The van der Waals surface area contributed by atoms with Crippen LogP contribution in [-0.4, -0.2) is 46.3 Å². The highest BCUT2D eigenvalue weighted by Gasteiger charge is 2.33. The Kier molecular flexibility index (Phi) is 4.42. The first-order valence-corrected chi connectivity index (χ1v) is 7.51. The molecule has 1 amide bonds. The number of aromatic nitrogens is 2. The van der Waals surface area contributed by atoms with E-state index in [-0.39, 0.29) is 17.6 Å². The number of hydrogen-bond donors (Lipinski definition) is 1. The Morgan fingerprint density at radius 2 is 2.35 bits per heavy atom. The molecule has 23 heavy (non-hydrogen) atoms. The summed E-state index contributed by atoms with van der Waals surface area (Å²) in [5.74, 6) is 0.848. The molecular formula is C15H19FN4O3. The number of aryl methyl sites for hydroxylation is 2. The third kappa shape index (κ3) is 3.58. The molecule has 1 aliphatic heterocycles. The van der Waals surface area contributed by atoms with Crippen molar-refractivity contribution in [2.24, 2.45) is 0 Å². The van der Waals surface area contributed by atoms with Crippen molar-refractivity contribution in [1.82, 2.24) is 20.4 Å². The molecular weight excluding hydrogens is 303 g/mol. The van der Waals surface area contributed by atoms with Gasteiger partial charge in [-0.3, -0.25) is 9.69 Å². The molecule has 0 saturated carbocycles. The number of rotatable bonds is 5. The fraction of sp³-hybridized carbons (Fsp3) is 0.533. The van der Waals surface area contributed by atoms with Crippen LogP contribution in [0.2, 0.25) is 0 Å².